The van der Waals surface area contributed by atoms with E-state index in [1.54, 1.807) is 0 Å². The largest absolute Gasteiger partial charge is 0.503 e. The van der Waals surface area contributed by atoms with Gasteiger partial charge in [0, 0.05) is 0 Å². The molecule has 11 nitrogen and oxygen atoms in total. The average molecular weight is 275 g/mol. The monoisotopic (exact) mass is 275 g/mol. The molecular weight excluding hydrogens is 262 g/mol. The molecule has 106 valence electrons. The quantitative estimate of drug-likeness (QED) is 0.237. The number of aromatic hydroxyl groups is 1. The number of hydrogen-bond acceptors (Lipinski definition) is 10. The first-order valence-electron chi connectivity index (χ1n) is 5.22. The van der Waals surface area contributed by atoms with Gasteiger partial charge in [0.2, 0.25) is 0 Å². The summed E-state index contributed by atoms with van der Waals surface area (Å²) >= 11 is 0. The molecule has 2 heterocycles. The van der Waals surface area contributed by atoms with Crippen molar-refractivity contribution in [3.05, 3.63) is 16.7 Å². The number of nitrogens with two attached hydrogens (primary N) is 1. The number of aromatic nitrogens is 2. The Kier molecular flexibility index (Phi) is 3.55. The number of nitrogens with one attached hydrogen (secondary N) is 1. The molecule has 0 unspecified atom stereocenters. The van der Waals surface area contributed by atoms with Gasteiger partial charge in [0.15, 0.2) is 17.8 Å². The molecule has 2 rings (SSSR count). The number of rotatable bonds is 3. The summed E-state index contributed by atoms with van der Waals surface area (Å²) in [6, 6.07) is 0. The third kappa shape index (κ3) is 2.20. The molecule has 1 aromatic heterocycles. The number of anilines is 1. The van der Waals surface area contributed by atoms with E-state index in [0.717, 1.165) is 6.20 Å². The van der Waals surface area contributed by atoms with Crippen molar-refractivity contribution in [2.45, 2.75) is 18.4 Å². The Morgan fingerprint density at radius 2 is 2.21 bits per heavy atom. The first-order chi connectivity index (χ1) is 8.99. The third-order valence-electron chi connectivity index (χ3n) is 2.58. The number of nitrogen functional groups attached to an aromatic ring is 1. The van der Waals surface area contributed by atoms with E-state index in [0.29, 0.717) is 9.85 Å². The van der Waals surface area contributed by atoms with Crippen LogP contribution < -0.4 is 22.1 Å². The van der Waals surface area contributed by atoms with Gasteiger partial charge in [-0.1, -0.05) is 0 Å². The maximum absolute atomic E-state index is 11.7. The molecule has 0 aliphatic carbocycles. The molecule has 0 spiro atoms. The second kappa shape index (κ2) is 4.99. The van der Waals surface area contributed by atoms with Crippen LogP contribution in [-0.4, -0.2) is 55.1 Å². The van der Waals surface area contributed by atoms with Gasteiger partial charge < -0.3 is 25.9 Å². The summed E-state index contributed by atoms with van der Waals surface area (Å²) in [6.45, 7) is -0.564. The van der Waals surface area contributed by atoms with Gasteiger partial charge in [-0.3, -0.25) is 0 Å². The Morgan fingerprint density at radius 1 is 1.53 bits per heavy atom. The maximum Gasteiger partial charge on any atom is 0.370 e. The number of hydroxylamine groups is 1. The molecule has 0 amide bonds. The van der Waals surface area contributed by atoms with Gasteiger partial charge in [-0.05, 0) is 0 Å². The zero-order valence-electron chi connectivity index (χ0n) is 9.54. The molecule has 1 saturated heterocycles. The second-order valence-electron chi connectivity index (χ2n) is 3.78. The van der Waals surface area contributed by atoms with Gasteiger partial charge in [-0.15, -0.1) is 0 Å². The fourth-order valence-corrected chi connectivity index (χ4v) is 1.59. The van der Waals surface area contributed by atoms with Crippen molar-refractivity contribution in [2.75, 3.05) is 17.2 Å². The zero-order valence-corrected chi connectivity index (χ0v) is 9.54. The molecule has 0 radical (unpaired) electrons. The Hall–Kier alpha value is -1.92. The highest BCUT2D eigenvalue weighted by molar-refractivity contribution is 5.45. The van der Waals surface area contributed by atoms with Gasteiger partial charge in [0.25, 0.3) is 0 Å². The van der Waals surface area contributed by atoms with Crippen molar-refractivity contribution < 1.29 is 25.3 Å². The average Bonchev–Trinajstić information content (AvgIpc) is 2.68. The van der Waals surface area contributed by atoms with E-state index in [4.69, 9.17) is 15.8 Å². The first-order valence-corrected chi connectivity index (χ1v) is 5.22. The lowest BCUT2D eigenvalue weighted by Crippen LogP contribution is -2.47. The van der Waals surface area contributed by atoms with Crippen LogP contribution in [0.2, 0.25) is 0 Å². The lowest BCUT2D eigenvalue weighted by atomic mass is 10.2. The van der Waals surface area contributed by atoms with E-state index in [-0.39, 0.29) is 5.82 Å². The molecule has 0 aromatic carbocycles. The fraction of sp³-hybridized carbons (Fsp3) is 0.500. The van der Waals surface area contributed by atoms with Gasteiger partial charge in [-0.25, -0.2) is 15.5 Å². The predicted molar refractivity (Wildman–Crippen MR) is 60.2 cm³/mol. The lowest BCUT2D eigenvalue weighted by Gasteiger charge is -2.22. The minimum Gasteiger partial charge on any atom is -0.503 e. The highest BCUT2D eigenvalue weighted by atomic mass is 16.8. The molecule has 1 aromatic rings. The Morgan fingerprint density at radius 3 is 2.74 bits per heavy atom. The second-order valence-corrected chi connectivity index (χ2v) is 3.78. The summed E-state index contributed by atoms with van der Waals surface area (Å²) in [5.74, 6) is 4.30. The van der Waals surface area contributed by atoms with Crippen LogP contribution in [0.4, 0.5) is 5.82 Å². The molecule has 0 saturated carbocycles. The van der Waals surface area contributed by atoms with E-state index in [2.05, 4.69) is 4.98 Å². The molecule has 0 bridgehead atoms. The van der Waals surface area contributed by atoms with Crippen molar-refractivity contribution in [3.8, 4) is 5.75 Å². The zero-order chi connectivity index (χ0) is 14.2. The molecule has 11 heteroatoms. The smallest absolute Gasteiger partial charge is 0.370 e. The van der Waals surface area contributed by atoms with Gasteiger partial charge >= 0.3 is 5.69 Å². The minimum atomic E-state index is -1.60. The molecule has 3 atom stereocenters. The highest BCUT2D eigenvalue weighted by Crippen LogP contribution is 2.20. The van der Waals surface area contributed by atoms with Gasteiger partial charge in [-0.2, -0.15) is 14.8 Å². The van der Waals surface area contributed by atoms with Crippen LogP contribution in [0.5, 0.6) is 5.75 Å². The van der Waals surface area contributed by atoms with Crippen LogP contribution in [0.25, 0.3) is 0 Å². The van der Waals surface area contributed by atoms with E-state index in [1.165, 1.54) is 0 Å². The molecule has 1 fully saturated rings. The normalized spacial score (nSPS) is 26.7. The van der Waals surface area contributed by atoms with E-state index in [9.17, 15) is 20.1 Å². The van der Waals surface area contributed by atoms with Crippen LogP contribution in [0.15, 0.2) is 11.0 Å². The van der Waals surface area contributed by atoms with Crippen LogP contribution in [0.1, 0.15) is 0 Å². The summed E-state index contributed by atoms with van der Waals surface area (Å²) in [4.78, 5) is 20.0. The van der Waals surface area contributed by atoms with Crippen molar-refractivity contribution >= 4 is 5.82 Å². The molecule has 1 aliphatic heterocycles. The molecule has 7 N–H and O–H groups in total. The van der Waals surface area contributed by atoms with Crippen LogP contribution in [-0.2, 0) is 4.84 Å². The Bertz CT molecular complexity index is 521. The summed E-state index contributed by atoms with van der Waals surface area (Å²) in [7, 11) is 0. The minimum absolute atomic E-state index is 0.255. The first kappa shape index (κ1) is 13.5. The van der Waals surface area contributed by atoms with Gasteiger partial charge in [0.1, 0.15) is 12.2 Å². The maximum atomic E-state index is 11.7. The standard InChI is InChI=1S/C8H13N5O6/c9-11-6-3(15)1-12(8(18)10-6)13-7(17)5(16)4(2-14)19-13/h1,4-5,7,14-17H,2,9H2,(H,10,11,18)/t4-,5-,7-/m1/s1. The summed E-state index contributed by atoms with van der Waals surface area (Å²) in [5.41, 5.74) is 1.09. The van der Waals surface area contributed by atoms with E-state index < -0.39 is 36.5 Å². The summed E-state index contributed by atoms with van der Waals surface area (Å²) in [6.07, 6.45) is -3.24. The number of aliphatic hydroxyl groups is 3. The fourth-order valence-electron chi connectivity index (χ4n) is 1.59. The van der Waals surface area contributed by atoms with Crippen LogP contribution in [0.3, 0.4) is 0 Å². The van der Waals surface area contributed by atoms with Crippen molar-refractivity contribution in [2.24, 2.45) is 5.84 Å². The molecular formula is C8H13N5O6. The summed E-state index contributed by atoms with van der Waals surface area (Å²) < 4.78 is 0.639. The highest BCUT2D eigenvalue weighted by Gasteiger charge is 2.42. The molecule has 19 heavy (non-hydrogen) atoms. The van der Waals surface area contributed by atoms with Crippen molar-refractivity contribution in [3.63, 3.8) is 0 Å². The Labute approximate surface area is 106 Å². The Balaban J connectivity index is 2.38. The topological polar surface area (TPSA) is 166 Å². The number of aliphatic hydroxyl groups excluding tert-OH is 3. The predicted octanol–water partition coefficient (Wildman–Crippen LogP) is -3.84. The van der Waals surface area contributed by atoms with Crippen LogP contribution >= 0.6 is 0 Å². The van der Waals surface area contributed by atoms with Gasteiger partial charge in [0.05, 0.1) is 12.8 Å². The van der Waals surface area contributed by atoms with Crippen molar-refractivity contribution in [1.82, 2.24) is 9.66 Å². The summed E-state index contributed by atoms with van der Waals surface area (Å²) in [5, 5.41) is 38.3. The number of hydrogen-bond donors (Lipinski definition) is 6. The van der Waals surface area contributed by atoms with E-state index >= 15 is 0 Å². The van der Waals surface area contributed by atoms with Crippen LogP contribution in [0, 0.1) is 0 Å². The number of nitrogens with zero attached hydrogens (tertiary/aromatic N) is 3. The molecule has 1 aliphatic rings. The number of hydrazine groups is 1. The van der Waals surface area contributed by atoms with Crippen molar-refractivity contribution in [1.29, 1.82) is 0 Å². The SMILES string of the molecule is NNc1nc(=O)n(N2O[C@H](CO)[C@@H](O)[C@H]2O)cc1O. The third-order valence-corrected chi connectivity index (χ3v) is 2.58. The van der Waals surface area contributed by atoms with E-state index in [1.807, 2.05) is 5.43 Å². The lowest BCUT2D eigenvalue weighted by molar-refractivity contribution is -0.0236.